The van der Waals surface area contributed by atoms with Gasteiger partial charge in [0.25, 0.3) is 0 Å². The lowest BCUT2D eigenvalue weighted by Crippen LogP contribution is -2.33. The lowest BCUT2D eigenvalue weighted by molar-refractivity contribution is -0.114. The molecule has 3 nitrogen and oxygen atoms in total. The molecule has 4 heteroatoms. The Balaban J connectivity index is 0.00000249. The van der Waals surface area contributed by atoms with Crippen LogP contribution in [0, 0.1) is 11.7 Å². The fourth-order valence-corrected chi connectivity index (χ4v) is 3.83. The number of hydrogen-bond donors (Lipinski definition) is 2. The van der Waals surface area contributed by atoms with Gasteiger partial charge < -0.3 is 14.9 Å². The molecule has 1 saturated heterocycles. The largest absolute Gasteiger partial charge is 0.394 e. The summed E-state index contributed by atoms with van der Waals surface area (Å²) in [6, 6.07) is 5.17. The Morgan fingerprint density at radius 1 is 1.25 bits per heavy atom. The highest BCUT2D eigenvalue weighted by Gasteiger charge is 2.30. The standard InChI is InChI=1S/C26H37FO3.C2H6/c1-5-8-9-21(18(4)6-2)13-19(7-3)12-20-10-11-25(27)24(14-20)26-16-22(29)15-23(17-28)30-26;1-2/h5,8-11,13-14,18,22-23,26,28-29H,6-7,12,15-17H2,1-4H3;1-2H3/b8-5-,19-13+,21-9-;. The highest BCUT2D eigenvalue weighted by molar-refractivity contribution is 5.34. The molecule has 0 spiro atoms. The van der Waals surface area contributed by atoms with E-state index in [9.17, 15) is 14.6 Å². The van der Waals surface area contributed by atoms with Crippen molar-refractivity contribution in [2.75, 3.05) is 6.61 Å². The van der Waals surface area contributed by atoms with Crippen LogP contribution in [0.3, 0.4) is 0 Å². The summed E-state index contributed by atoms with van der Waals surface area (Å²) in [5.74, 6) is 0.143. The van der Waals surface area contributed by atoms with E-state index < -0.39 is 18.3 Å². The van der Waals surface area contributed by atoms with E-state index >= 15 is 0 Å². The molecule has 0 aliphatic carbocycles. The monoisotopic (exact) mass is 446 g/mol. The van der Waals surface area contributed by atoms with E-state index in [0.29, 0.717) is 24.3 Å². The van der Waals surface area contributed by atoms with Gasteiger partial charge in [0.05, 0.1) is 24.9 Å². The summed E-state index contributed by atoms with van der Waals surface area (Å²) in [5.41, 5.74) is 4.09. The predicted octanol–water partition coefficient (Wildman–Crippen LogP) is 6.85. The van der Waals surface area contributed by atoms with Crippen molar-refractivity contribution < 1.29 is 19.3 Å². The van der Waals surface area contributed by atoms with Crippen molar-refractivity contribution in [3.05, 3.63) is 70.6 Å². The molecule has 1 fully saturated rings. The van der Waals surface area contributed by atoms with E-state index in [2.05, 4.69) is 39.0 Å². The molecular formula is C28H43FO3. The van der Waals surface area contributed by atoms with Crippen LogP contribution in [0.15, 0.2) is 53.6 Å². The zero-order valence-corrected chi connectivity index (χ0v) is 20.8. The second kappa shape index (κ2) is 15.2. The van der Waals surface area contributed by atoms with Gasteiger partial charge in [0.2, 0.25) is 0 Å². The number of ether oxygens (including phenoxy) is 1. The molecule has 32 heavy (non-hydrogen) atoms. The zero-order valence-electron chi connectivity index (χ0n) is 20.8. The first kappa shape index (κ1) is 28.3. The normalized spacial score (nSPS) is 23.1. The minimum Gasteiger partial charge on any atom is -0.394 e. The van der Waals surface area contributed by atoms with Crippen molar-refractivity contribution in [3.63, 3.8) is 0 Å². The van der Waals surface area contributed by atoms with Crippen molar-refractivity contribution in [1.82, 2.24) is 0 Å². The van der Waals surface area contributed by atoms with Crippen LogP contribution in [-0.2, 0) is 11.2 Å². The quantitative estimate of drug-likeness (QED) is 0.408. The Hall–Kier alpha value is -1.75. The molecule has 2 rings (SSSR count). The van der Waals surface area contributed by atoms with E-state index in [1.807, 2.05) is 39.0 Å². The maximum atomic E-state index is 14.6. The molecule has 1 aliphatic heterocycles. The van der Waals surface area contributed by atoms with E-state index in [0.717, 1.165) is 24.8 Å². The van der Waals surface area contributed by atoms with Crippen LogP contribution in [0.1, 0.15) is 84.5 Å². The van der Waals surface area contributed by atoms with Gasteiger partial charge in [-0.15, -0.1) is 0 Å². The van der Waals surface area contributed by atoms with Gasteiger partial charge in [-0.05, 0) is 55.4 Å². The minimum absolute atomic E-state index is 0.172. The number of benzene rings is 1. The number of rotatable bonds is 9. The van der Waals surface area contributed by atoms with Gasteiger partial charge in [0, 0.05) is 18.4 Å². The molecule has 0 radical (unpaired) electrons. The van der Waals surface area contributed by atoms with Crippen LogP contribution in [0.5, 0.6) is 0 Å². The molecule has 1 aromatic rings. The summed E-state index contributed by atoms with van der Waals surface area (Å²) in [6.07, 6.45) is 10.4. The zero-order chi connectivity index (χ0) is 24.1. The minimum atomic E-state index is -0.593. The number of hydrogen-bond acceptors (Lipinski definition) is 3. The topological polar surface area (TPSA) is 49.7 Å². The lowest BCUT2D eigenvalue weighted by Gasteiger charge is -2.32. The second-order valence-electron chi connectivity index (χ2n) is 8.25. The predicted molar refractivity (Wildman–Crippen MR) is 132 cm³/mol. The number of halogens is 1. The van der Waals surface area contributed by atoms with Gasteiger partial charge in [0.1, 0.15) is 5.82 Å². The Morgan fingerprint density at radius 2 is 1.97 bits per heavy atom. The van der Waals surface area contributed by atoms with Gasteiger partial charge >= 0.3 is 0 Å². The summed E-state index contributed by atoms with van der Waals surface area (Å²) in [6.45, 7) is 12.4. The summed E-state index contributed by atoms with van der Waals surface area (Å²) in [5, 5.41) is 19.5. The smallest absolute Gasteiger partial charge is 0.129 e. The van der Waals surface area contributed by atoms with Gasteiger partial charge in [-0.3, -0.25) is 0 Å². The van der Waals surface area contributed by atoms with Crippen LogP contribution >= 0.6 is 0 Å². The third kappa shape index (κ3) is 8.65. The second-order valence-corrected chi connectivity index (χ2v) is 8.25. The highest BCUT2D eigenvalue weighted by atomic mass is 19.1. The van der Waals surface area contributed by atoms with Crippen LogP contribution in [0.4, 0.5) is 4.39 Å². The fraction of sp³-hybridized carbons (Fsp3) is 0.571. The van der Waals surface area contributed by atoms with E-state index in [1.54, 1.807) is 0 Å². The Kier molecular flexibility index (Phi) is 13.4. The summed E-state index contributed by atoms with van der Waals surface area (Å²) >= 11 is 0. The first-order valence-corrected chi connectivity index (χ1v) is 12.2. The van der Waals surface area contributed by atoms with Crippen molar-refractivity contribution in [2.45, 2.75) is 92.0 Å². The maximum Gasteiger partial charge on any atom is 0.129 e. The van der Waals surface area contributed by atoms with Crippen molar-refractivity contribution in [2.24, 2.45) is 5.92 Å². The van der Waals surface area contributed by atoms with Gasteiger partial charge in [0.15, 0.2) is 0 Å². The van der Waals surface area contributed by atoms with Gasteiger partial charge in [-0.1, -0.05) is 70.6 Å². The molecule has 4 unspecified atom stereocenters. The van der Waals surface area contributed by atoms with Crippen molar-refractivity contribution in [1.29, 1.82) is 0 Å². The van der Waals surface area contributed by atoms with E-state index in [1.165, 1.54) is 17.2 Å². The molecule has 1 aromatic carbocycles. The molecule has 0 amide bonds. The molecule has 1 heterocycles. The molecule has 2 N–H and O–H groups in total. The van der Waals surface area contributed by atoms with Crippen LogP contribution in [-0.4, -0.2) is 29.0 Å². The first-order valence-electron chi connectivity index (χ1n) is 12.2. The molecule has 1 aliphatic rings. The van der Waals surface area contributed by atoms with Crippen molar-refractivity contribution >= 4 is 0 Å². The molecule has 0 saturated carbocycles. The Morgan fingerprint density at radius 3 is 2.56 bits per heavy atom. The molecule has 0 bridgehead atoms. The average molecular weight is 447 g/mol. The molecule has 180 valence electrons. The number of aliphatic hydroxyl groups excluding tert-OH is 2. The van der Waals surface area contributed by atoms with Crippen molar-refractivity contribution in [3.8, 4) is 0 Å². The third-order valence-corrected chi connectivity index (χ3v) is 5.91. The summed E-state index contributed by atoms with van der Waals surface area (Å²) in [7, 11) is 0. The average Bonchev–Trinajstić information content (AvgIpc) is 2.82. The first-order chi connectivity index (χ1) is 15.4. The van der Waals surface area contributed by atoms with Crippen LogP contribution < -0.4 is 0 Å². The lowest BCUT2D eigenvalue weighted by atomic mass is 9.91. The van der Waals surface area contributed by atoms with Crippen LogP contribution in [0.25, 0.3) is 0 Å². The fourth-order valence-electron chi connectivity index (χ4n) is 3.83. The Bertz CT molecular complexity index is 766. The van der Waals surface area contributed by atoms with E-state index in [-0.39, 0.29) is 12.4 Å². The van der Waals surface area contributed by atoms with Crippen LogP contribution in [0.2, 0.25) is 0 Å². The van der Waals surface area contributed by atoms with Gasteiger partial charge in [-0.2, -0.15) is 0 Å². The van der Waals surface area contributed by atoms with E-state index in [4.69, 9.17) is 4.74 Å². The SMILES string of the molecule is CC.C\C=C/C=C(/C=C(\CC)Cc1ccc(F)c(C2CC(O)CC(CO)O2)c1)C(C)CC. The molecule has 4 atom stereocenters. The summed E-state index contributed by atoms with van der Waals surface area (Å²) in [4.78, 5) is 0. The summed E-state index contributed by atoms with van der Waals surface area (Å²) < 4.78 is 20.4. The maximum absolute atomic E-state index is 14.6. The number of allylic oxidation sites excluding steroid dienone is 6. The third-order valence-electron chi connectivity index (χ3n) is 5.91. The molecular weight excluding hydrogens is 403 g/mol. The number of aliphatic hydroxyl groups is 2. The highest BCUT2D eigenvalue weighted by Crippen LogP contribution is 2.34. The van der Waals surface area contributed by atoms with Gasteiger partial charge in [-0.25, -0.2) is 4.39 Å². The molecule has 0 aromatic heterocycles. The Labute approximate surface area is 194 Å².